The zero-order valence-electron chi connectivity index (χ0n) is 17.1. The Hall–Kier alpha value is -2.99. The Balaban J connectivity index is 1.51. The van der Waals surface area contributed by atoms with Gasteiger partial charge < -0.3 is 4.90 Å². The largest absolute Gasteiger partial charge is 0.338 e. The Morgan fingerprint density at radius 1 is 1.10 bits per heavy atom. The second kappa shape index (κ2) is 8.79. The molecule has 2 aromatic heterocycles. The van der Waals surface area contributed by atoms with Crippen LogP contribution in [0.3, 0.4) is 0 Å². The van der Waals surface area contributed by atoms with Crippen LogP contribution in [0.4, 0.5) is 4.39 Å². The Morgan fingerprint density at radius 3 is 2.53 bits per heavy atom. The predicted octanol–water partition coefficient (Wildman–Crippen LogP) is 5.61. The molecule has 4 aromatic rings. The van der Waals surface area contributed by atoms with Crippen molar-refractivity contribution in [2.45, 2.75) is 26.7 Å². The molecule has 154 valence electrons. The number of hydrogen-bond acceptors (Lipinski definition) is 3. The lowest BCUT2D eigenvalue weighted by atomic mass is 10.1. The van der Waals surface area contributed by atoms with E-state index in [9.17, 15) is 9.18 Å². The number of fused-ring (bicyclic) bond motifs is 1. The SMILES string of the molecule is CCCN(CCc1csc2nc(-c3ccc(F)cc3)cn12)C(=O)c1ccc(C)cc1. The van der Waals surface area contributed by atoms with Gasteiger partial charge in [-0.25, -0.2) is 9.37 Å². The topological polar surface area (TPSA) is 37.6 Å². The number of amides is 1. The number of nitrogens with zero attached hydrogens (tertiary/aromatic N) is 3. The summed E-state index contributed by atoms with van der Waals surface area (Å²) in [6.07, 6.45) is 3.65. The van der Waals surface area contributed by atoms with Crippen LogP contribution in [0, 0.1) is 12.7 Å². The predicted molar refractivity (Wildman–Crippen MR) is 120 cm³/mol. The molecule has 0 fully saturated rings. The minimum Gasteiger partial charge on any atom is -0.338 e. The third kappa shape index (κ3) is 4.28. The van der Waals surface area contributed by atoms with Gasteiger partial charge in [-0.05, 0) is 49.7 Å². The maximum absolute atomic E-state index is 13.2. The van der Waals surface area contributed by atoms with Crippen LogP contribution in [0.15, 0.2) is 60.1 Å². The Kier molecular flexibility index (Phi) is 5.95. The summed E-state index contributed by atoms with van der Waals surface area (Å²) in [7, 11) is 0. The second-order valence-corrected chi connectivity index (χ2v) is 8.26. The number of aromatic nitrogens is 2. The summed E-state index contributed by atoms with van der Waals surface area (Å²) >= 11 is 1.58. The number of carbonyl (C=O) groups excluding carboxylic acids is 1. The van der Waals surface area contributed by atoms with Crippen molar-refractivity contribution in [2.75, 3.05) is 13.1 Å². The minimum absolute atomic E-state index is 0.0703. The first-order chi connectivity index (χ1) is 14.5. The molecule has 0 bridgehead atoms. The standard InChI is InChI=1S/C24H24FN3OS/c1-3-13-27(23(29)19-6-4-17(2)5-7-19)14-12-21-16-30-24-26-22(15-28(21)24)18-8-10-20(25)11-9-18/h4-11,15-16H,3,12-14H2,1-2H3. The van der Waals surface area contributed by atoms with E-state index in [0.29, 0.717) is 6.54 Å². The van der Waals surface area contributed by atoms with E-state index in [0.717, 1.165) is 52.4 Å². The number of thiazole rings is 1. The molecule has 0 radical (unpaired) electrons. The maximum atomic E-state index is 13.2. The molecular weight excluding hydrogens is 397 g/mol. The van der Waals surface area contributed by atoms with E-state index < -0.39 is 0 Å². The molecule has 0 N–H and O–H groups in total. The molecule has 2 aromatic carbocycles. The van der Waals surface area contributed by atoms with Crippen LogP contribution in [0.1, 0.15) is 35.0 Å². The van der Waals surface area contributed by atoms with Gasteiger partial charge in [-0.2, -0.15) is 0 Å². The highest BCUT2D eigenvalue weighted by Gasteiger charge is 2.16. The van der Waals surface area contributed by atoms with Gasteiger partial charge in [-0.15, -0.1) is 11.3 Å². The Bertz CT molecular complexity index is 1150. The van der Waals surface area contributed by atoms with Crippen LogP contribution < -0.4 is 0 Å². The van der Waals surface area contributed by atoms with Crippen molar-refractivity contribution < 1.29 is 9.18 Å². The van der Waals surface area contributed by atoms with Crippen LogP contribution >= 0.6 is 11.3 Å². The molecular formula is C24H24FN3OS. The van der Waals surface area contributed by atoms with Gasteiger partial charge in [0.15, 0.2) is 4.96 Å². The lowest BCUT2D eigenvalue weighted by Crippen LogP contribution is -2.33. The fourth-order valence-electron chi connectivity index (χ4n) is 3.48. The van der Waals surface area contributed by atoms with Crippen LogP contribution in [0.2, 0.25) is 0 Å². The Morgan fingerprint density at radius 2 is 1.83 bits per heavy atom. The van der Waals surface area contributed by atoms with Crippen LogP contribution in [0.25, 0.3) is 16.2 Å². The number of halogens is 1. The number of imidazole rings is 1. The molecule has 4 nitrogen and oxygen atoms in total. The first-order valence-corrected chi connectivity index (χ1v) is 11.0. The lowest BCUT2D eigenvalue weighted by Gasteiger charge is -2.22. The van der Waals surface area contributed by atoms with Crippen molar-refractivity contribution in [3.05, 3.63) is 82.7 Å². The summed E-state index contributed by atoms with van der Waals surface area (Å²) in [5, 5.41) is 2.09. The highest BCUT2D eigenvalue weighted by Crippen LogP contribution is 2.24. The summed E-state index contributed by atoms with van der Waals surface area (Å²) in [4.78, 5) is 20.5. The van der Waals surface area contributed by atoms with E-state index in [4.69, 9.17) is 0 Å². The molecule has 1 amide bonds. The lowest BCUT2D eigenvalue weighted by molar-refractivity contribution is 0.0757. The first kappa shape index (κ1) is 20.3. The van der Waals surface area contributed by atoms with Crippen molar-refractivity contribution >= 4 is 22.2 Å². The molecule has 0 saturated carbocycles. The summed E-state index contributed by atoms with van der Waals surface area (Å²) in [5.41, 5.74) is 4.70. The fraction of sp³-hybridized carbons (Fsp3) is 0.250. The summed E-state index contributed by atoms with van der Waals surface area (Å²) < 4.78 is 15.3. The number of rotatable bonds is 7. The van der Waals surface area contributed by atoms with Gasteiger partial charge in [0.05, 0.1) is 5.69 Å². The molecule has 0 spiro atoms. The van der Waals surface area contributed by atoms with Crippen LogP contribution in [0.5, 0.6) is 0 Å². The number of benzene rings is 2. The van der Waals surface area contributed by atoms with E-state index in [1.165, 1.54) is 12.1 Å². The van der Waals surface area contributed by atoms with E-state index in [1.807, 2.05) is 42.3 Å². The molecule has 0 aliphatic rings. The van der Waals surface area contributed by atoms with Gasteiger partial charge in [0.2, 0.25) is 0 Å². The quantitative estimate of drug-likeness (QED) is 0.389. The van der Waals surface area contributed by atoms with E-state index >= 15 is 0 Å². The fourth-order valence-corrected chi connectivity index (χ4v) is 4.39. The zero-order valence-corrected chi connectivity index (χ0v) is 18.0. The van der Waals surface area contributed by atoms with Gasteiger partial charge >= 0.3 is 0 Å². The molecule has 0 aliphatic carbocycles. The molecule has 0 atom stereocenters. The van der Waals surface area contributed by atoms with Crippen molar-refractivity contribution in [3.63, 3.8) is 0 Å². The van der Waals surface area contributed by atoms with Gasteiger partial charge in [0.25, 0.3) is 5.91 Å². The molecule has 4 rings (SSSR count). The number of carbonyl (C=O) groups is 1. The summed E-state index contributed by atoms with van der Waals surface area (Å²) in [6, 6.07) is 14.1. The molecule has 0 unspecified atom stereocenters. The third-order valence-corrected chi connectivity index (χ3v) is 6.03. The Labute approximate surface area is 179 Å². The normalized spacial score (nSPS) is 11.2. The summed E-state index contributed by atoms with van der Waals surface area (Å²) in [5.74, 6) is -0.185. The second-order valence-electron chi connectivity index (χ2n) is 7.42. The average molecular weight is 422 g/mol. The van der Waals surface area contributed by atoms with Crippen molar-refractivity contribution in [3.8, 4) is 11.3 Å². The third-order valence-electron chi connectivity index (χ3n) is 5.14. The molecule has 0 saturated heterocycles. The average Bonchev–Trinajstić information content (AvgIpc) is 3.33. The summed E-state index contributed by atoms with van der Waals surface area (Å²) in [6.45, 7) is 5.48. The minimum atomic E-state index is -0.255. The maximum Gasteiger partial charge on any atom is 0.253 e. The smallest absolute Gasteiger partial charge is 0.253 e. The number of aryl methyl sites for hydroxylation is 1. The molecule has 0 aliphatic heterocycles. The zero-order chi connectivity index (χ0) is 21.1. The van der Waals surface area contributed by atoms with Crippen LogP contribution in [-0.2, 0) is 6.42 Å². The van der Waals surface area contributed by atoms with Crippen molar-refractivity contribution in [1.29, 1.82) is 0 Å². The van der Waals surface area contributed by atoms with Gasteiger partial charge in [-0.3, -0.25) is 9.20 Å². The number of hydrogen-bond donors (Lipinski definition) is 0. The van der Waals surface area contributed by atoms with Crippen molar-refractivity contribution in [2.24, 2.45) is 0 Å². The first-order valence-electron chi connectivity index (χ1n) is 10.1. The molecule has 30 heavy (non-hydrogen) atoms. The highest BCUT2D eigenvalue weighted by atomic mass is 32.1. The van der Waals surface area contributed by atoms with E-state index in [2.05, 4.69) is 21.7 Å². The van der Waals surface area contributed by atoms with Gasteiger partial charge in [0.1, 0.15) is 5.82 Å². The monoisotopic (exact) mass is 421 g/mol. The van der Waals surface area contributed by atoms with Crippen LogP contribution in [-0.4, -0.2) is 33.3 Å². The van der Waals surface area contributed by atoms with E-state index in [1.54, 1.807) is 23.5 Å². The van der Waals surface area contributed by atoms with Crippen molar-refractivity contribution in [1.82, 2.24) is 14.3 Å². The van der Waals surface area contributed by atoms with E-state index in [-0.39, 0.29) is 11.7 Å². The van der Waals surface area contributed by atoms with Gasteiger partial charge in [-0.1, -0.05) is 24.6 Å². The molecule has 6 heteroatoms. The van der Waals surface area contributed by atoms with Gasteiger partial charge in [0, 0.05) is 47.9 Å². The molecule has 2 heterocycles. The highest BCUT2D eigenvalue weighted by molar-refractivity contribution is 7.15.